The molecule has 0 aliphatic heterocycles. The van der Waals surface area contributed by atoms with Crippen LogP contribution in [0.1, 0.15) is 22.8 Å². The predicted molar refractivity (Wildman–Crippen MR) is 119 cm³/mol. The molecule has 3 rings (SSSR count). The summed E-state index contributed by atoms with van der Waals surface area (Å²) in [5, 5.41) is 1.95. The van der Waals surface area contributed by atoms with Crippen LogP contribution in [-0.4, -0.2) is 53.0 Å². The maximum Gasteiger partial charge on any atom is 0.242 e. The van der Waals surface area contributed by atoms with Crippen molar-refractivity contribution >= 4 is 23.2 Å². The molecule has 0 saturated carbocycles. The minimum Gasteiger partial charge on any atom is -0.467 e. The number of carbonyl (C=O) groups is 2. The van der Waals surface area contributed by atoms with E-state index in [0.717, 1.165) is 10.6 Å². The first-order valence-corrected chi connectivity index (χ1v) is 11.1. The van der Waals surface area contributed by atoms with Crippen molar-refractivity contribution in [2.24, 2.45) is 7.05 Å². The van der Waals surface area contributed by atoms with Crippen LogP contribution in [0.5, 0.6) is 0 Å². The van der Waals surface area contributed by atoms with Crippen LogP contribution in [0.2, 0.25) is 0 Å². The molecule has 166 valence electrons. The number of nitrogens with zero attached hydrogens (tertiary/aromatic N) is 3. The Balaban J connectivity index is 1.72. The Labute approximate surface area is 186 Å². The third-order valence-electron chi connectivity index (χ3n) is 5.04. The third-order valence-corrected chi connectivity index (χ3v) is 5.92. The summed E-state index contributed by atoms with van der Waals surface area (Å²) in [7, 11) is 3.58. The molecular weight excluding hydrogens is 414 g/mol. The molecule has 0 N–H and O–H groups in total. The lowest BCUT2D eigenvalue weighted by Crippen LogP contribution is -2.43. The number of thiophene rings is 1. The van der Waals surface area contributed by atoms with Crippen molar-refractivity contribution in [2.75, 3.05) is 26.8 Å². The topological polar surface area (TPSA) is 67.9 Å². The largest absolute Gasteiger partial charge is 0.467 e. The Morgan fingerprint density at radius 2 is 1.97 bits per heavy atom. The number of amides is 2. The summed E-state index contributed by atoms with van der Waals surface area (Å²) in [6.45, 7) is 1.83. The molecule has 0 aromatic carbocycles. The molecular formula is C23H29N3O4S. The fourth-order valence-corrected chi connectivity index (χ4v) is 4.00. The summed E-state index contributed by atoms with van der Waals surface area (Å²) in [5.74, 6) is 0.539. The number of ether oxygens (including phenoxy) is 1. The fourth-order valence-electron chi connectivity index (χ4n) is 3.31. The first kappa shape index (κ1) is 22.8. The maximum atomic E-state index is 13.3. The van der Waals surface area contributed by atoms with Crippen molar-refractivity contribution in [3.8, 4) is 0 Å². The molecule has 0 spiro atoms. The summed E-state index contributed by atoms with van der Waals surface area (Å²) < 4.78 is 12.6. The van der Waals surface area contributed by atoms with Gasteiger partial charge in [-0.15, -0.1) is 11.3 Å². The number of carbonyl (C=O) groups excluding carboxylic acids is 2. The average molecular weight is 444 g/mol. The highest BCUT2D eigenvalue weighted by Crippen LogP contribution is 2.14. The average Bonchev–Trinajstić information content (AvgIpc) is 3.51. The van der Waals surface area contributed by atoms with Gasteiger partial charge in [0.15, 0.2) is 0 Å². The Morgan fingerprint density at radius 1 is 1.10 bits per heavy atom. The van der Waals surface area contributed by atoms with Gasteiger partial charge < -0.3 is 23.5 Å². The fraction of sp³-hybridized carbons (Fsp3) is 0.391. The SMILES string of the molecule is COCCCN(CC(=O)N(Cc1ccco1)Cc1cccn1C)C(=O)Cc1cccs1. The van der Waals surface area contributed by atoms with E-state index in [1.165, 1.54) is 0 Å². The maximum absolute atomic E-state index is 13.3. The molecule has 0 atom stereocenters. The quantitative estimate of drug-likeness (QED) is 0.403. The van der Waals surface area contributed by atoms with Crippen LogP contribution in [0, 0.1) is 0 Å². The van der Waals surface area contributed by atoms with Crippen molar-refractivity contribution in [1.29, 1.82) is 0 Å². The van der Waals surface area contributed by atoms with Crippen LogP contribution >= 0.6 is 11.3 Å². The Morgan fingerprint density at radius 3 is 2.61 bits per heavy atom. The van der Waals surface area contributed by atoms with Crippen LogP contribution in [0.3, 0.4) is 0 Å². The van der Waals surface area contributed by atoms with E-state index in [-0.39, 0.29) is 18.4 Å². The van der Waals surface area contributed by atoms with Crippen LogP contribution in [0.25, 0.3) is 0 Å². The molecule has 0 aliphatic carbocycles. The molecule has 3 aromatic rings. The molecule has 3 aromatic heterocycles. The first-order chi connectivity index (χ1) is 15.1. The van der Waals surface area contributed by atoms with E-state index in [4.69, 9.17) is 9.15 Å². The zero-order valence-corrected chi connectivity index (χ0v) is 18.8. The number of hydrogen-bond donors (Lipinski definition) is 0. The highest BCUT2D eigenvalue weighted by atomic mass is 32.1. The van der Waals surface area contributed by atoms with Crippen LogP contribution < -0.4 is 0 Å². The Hall–Kier alpha value is -2.84. The van der Waals surface area contributed by atoms with Gasteiger partial charge >= 0.3 is 0 Å². The lowest BCUT2D eigenvalue weighted by Gasteiger charge is -2.27. The van der Waals surface area contributed by atoms with Gasteiger partial charge in [0, 0.05) is 44.1 Å². The number of aryl methyl sites for hydroxylation is 1. The van der Waals surface area contributed by atoms with Crippen molar-refractivity contribution in [1.82, 2.24) is 14.4 Å². The summed E-state index contributed by atoms with van der Waals surface area (Å²) in [5.41, 5.74) is 1.01. The molecule has 0 fully saturated rings. The standard InChI is InChI=1S/C23H29N3O4S/c1-24-10-3-7-19(24)16-26(17-20-8-4-13-30-20)23(28)18-25(11-6-12-29-2)22(27)15-21-9-5-14-31-21/h3-5,7-10,13-14H,6,11-12,15-18H2,1-2H3. The normalized spacial score (nSPS) is 10.9. The van der Waals surface area contributed by atoms with E-state index in [2.05, 4.69) is 0 Å². The van der Waals surface area contributed by atoms with Crippen LogP contribution in [0.15, 0.2) is 58.7 Å². The van der Waals surface area contributed by atoms with Gasteiger partial charge in [-0.3, -0.25) is 9.59 Å². The first-order valence-electron chi connectivity index (χ1n) is 10.3. The van der Waals surface area contributed by atoms with Gasteiger partial charge in [0.1, 0.15) is 5.76 Å². The zero-order chi connectivity index (χ0) is 22.1. The molecule has 2 amide bonds. The zero-order valence-electron chi connectivity index (χ0n) is 18.0. The highest BCUT2D eigenvalue weighted by Gasteiger charge is 2.23. The molecule has 0 radical (unpaired) electrons. The minimum atomic E-state index is -0.116. The Kier molecular flexibility index (Phi) is 8.49. The molecule has 0 unspecified atom stereocenters. The number of hydrogen-bond acceptors (Lipinski definition) is 5. The second-order valence-electron chi connectivity index (χ2n) is 7.36. The molecule has 31 heavy (non-hydrogen) atoms. The Bertz CT molecular complexity index is 934. The predicted octanol–water partition coefficient (Wildman–Crippen LogP) is 3.32. The van der Waals surface area contributed by atoms with Gasteiger partial charge in [0.05, 0.1) is 32.3 Å². The van der Waals surface area contributed by atoms with Crippen LogP contribution in [0.4, 0.5) is 0 Å². The van der Waals surface area contributed by atoms with Gasteiger partial charge in [0.25, 0.3) is 0 Å². The lowest BCUT2D eigenvalue weighted by molar-refractivity contribution is -0.141. The van der Waals surface area contributed by atoms with E-state index >= 15 is 0 Å². The molecule has 7 nitrogen and oxygen atoms in total. The second-order valence-corrected chi connectivity index (χ2v) is 8.39. The molecule has 0 bridgehead atoms. The van der Waals surface area contributed by atoms with Crippen molar-refractivity contribution in [2.45, 2.75) is 25.9 Å². The summed E-state index contributed by atoms with van der Waals surface area (Å²) in [4.78, 5) is 30.6. The summed E-state index contributed by atoms with van der Waals surface area (Å²) in [6.07, 6.45) is 4.53. The van der Waals surface area contributed by atoms with Gasteiger partial charge in [-0.05, 0) is 42.1 Å². The third kappa shape index (κ3) is 6.83. The van der Waals surface area contributed by atoms with Gasteiger partial charge in [-0.25, -0.2) is 0 Å². The second kappa shape index (κ2) is 11.5. The van der Waals surface area contributed by atoms with Gasteiger partial charge in [-0.1, -0.05) is 6.07 Å². The minimum absolute atomic E-state index is 0.0268. The lowest BCUT2D eigenvalue weighted by atomic mass is 10.2. The number of furan rings is 1. The van der Waals surface area contributed by atoms with E-state index in [9.17, 15) is 9.59 Å². The highest BCUT2D eigenvalue weighted by molar-refractivity contribution is 7.10. The molecule has 8 heteroatoms. The van der Waals surface area contributed by atoms with E-state index in [1.807, 2.05) is 59.6 Å². The van der Waals surface area contributed by atoms with Gasteiger partial charge in [-0.2, -0.15) is 0 Å². The van der Waals surface area contributed by atoms with Crippen molar-refractivity contribution in [3.63, 3.8) is 0 Å². The van der Waals surface area contributed by atoms with E-state index < -0.39 is 0 Å². The molecule has 3 heterocycles. The monoisotopic (exact) mass is 443 g/mol. The van der Waals surface area contributed by atoms with Gasteiger partial charge in [0.2, 0.25) is 11.8 Å². The summed E-state index contributed by atoms with van der Waals surface area (Å²) >= 11 is 1.55. The van der Waals surface area contributed by atoms with Crippen LogP contribution in [-0.2, 0) is 40.9 Å². The number of methoxy groups -OCH3 is 1. The van der Waals surface area contributed by atoms with E-state index in [0.29, 0.717) is 44.8 Å². The number of aromatic nitrogens is 1. The molecule has 0 saturated heterocycles. The summed E-state index contributed by atoms with van der Waals surface area (Å²) in [6, 6.07) is 11.5. The van der Waals surface area contributed by atoms with E-state index in [1.54, 1.807) is 34.5 Å². The smallest absolute Gasteiger partial charge is 0.242 e. The van der Waals surface area contributed by atoms with Crippen molar-refractivity contribution < 1.29 is 18.7 Å². The number of rotatable bonds is 12. The van der Waals surface area contributed by atoms with Crippen molar-refractivity contribution in [3.05, 3.63) is 70.6 Å². The molecule has 0 aliphatic rings.